The lowest BCUT2D eigenvalue weighted by Gasteiger charge is -2.20. The maximum atomic E-state index is 12.7. The van der Waals surface area contributed by atoms with E-state index in [-0.39, 0.29) is 56.0 Å². The summed E-state index contributed by atoms with van der Waals surface area (Å²) in [7, 11) is 0. The molecule has 0 saturated heterocycles. The fourth-order valence-electron chi connectivity index (χ4n) is 3.61. The van der Waals surface area contributed by atoms with Gasteiger partial charge < -0.3 is 25.2 Å². The molecule has 3 atom stereocenters. The lowest BCUT2D eigenvalue weighted by Crippen LogP contribution is -2.42. The van der Waals surface area contributed by atoms with Crippen LogP contribution in [-0.4, -0.2) is 61.9 Å². The first kappa shape index (κ1) is 26.5. The van der Waals surface area contributed by atoms with E-state index in [0.717, 1.165) is 5.56 Å². The molecule has 8 heteroatoms. The van der Waals surface area contributed by atoms with Crippen molar-refractivity contribution in [2.75, 3.05) is 33.0 Å². The fourth-order valence-corrected chi connectivity index (χ4v) is 3.61. The third kappa shape index (κ3) is 10.6. The Balaban J connectivity index is 1.95. The van der Waals surface area contributed by atoms with Crippen molar-refractivity contribution in [3.8, 4) is 0 Å². The lowest BCUT2D eigenvalue weighted by molar-refractivity contribution is -0.150. The Kier molecular flexibility index (Phi) is 12.2. The monoisotopic (exact) mass is 460 g/mol. The summed E-state index contributed by atoms with van der Waals surface area (Å²) in [5, 5.41) is 14.3. The number of hydrogen-bond acceptors (Lipinski definition) is 6. The van der Waals surface area contributed by atoms with Crippen LogP contribution in [0.5, 0.6) is 0 Å². The Morgan fingerprint density at radius 1 is 1.18 bits per heavy atom. The molecular formula is C25H36N2O6. The second kappa shape index (κ2) is 15.2. The molecule has 1 aliphatic heterocycles. The van der Waals surface area contributed by atoms with E-state index in [1.165, 1.54) is 0 Å². The normalized spacial score (nSPS) is 22.3. The molecule has 0 spiro atoms. The molecule has 0 fully saturated rings. The summed E-state index contributed by atoms with van der Waals surface area (Å²) in [6, 6.07) is 9.50. The van der Waals surface area contributed by atoms with Gasteiger partial charge in [-0.2, -0.15) is 0 Å². The highest BCUT2D eigenvalue weighted by Gasteiger charge is 2.25. The van der Waals surface area contributed by atoms with Gasteiger partial charge >= 0.3 is 5.97 Å². The zero-order valence-electron chi connectivity index (χ0n) is 19.3. The van der Waals surface area contributed by atoms with Crippen LogP contribution in [0.15, 0.2) is 42.5 Å². The summed E-state index contributed by atoms with van der Waals surface area (Å²) in [4.78, 5) is 37.7. The van der Waals surface area contributed by atoms with Crippen molar-refractivity contribution in [2.24, 2.45) is 11.8 Å². The van der Waals surface area contributed by atoms with Crippen molar-refractivity contribution in [3.05, 3.63) is 48.0 Å². The van der Waals surface area contributed by atoms with E-state index in [0.29, 0.717) is 38.8 Å². The van der Waals surface area contributed by atoms with Gasteiger partial charge in [-0.3, -0.25) is 14.4 Å². The number of rotatable bonds is 9. The molecule has 3 N–H and O–H groups in total. The molecule has 1 aromatic rings. The predicted molar refractivity (Wildman–Crippen MR) is 124 cm³/mol. The van der Waals surface area contributed by atoms with Crippen molar-refractivity contribution in [1.29, 1.82) is 0 Å². The van der Waals surface area contributed by atoms with Gasteiger partial charge in [0.15, 0.2) is 0 Å². The van der Waals surface area contributed by atoms with E-state index in [9.17, 15) is 14.4 Å². The topological polar surface area (TPSA) is 114 Å². The van der Waals surface area contributed by atoms with E-state index < -0.39 is 5.92 Å². The van der Waals surface area contributed by atoms with Gasteiger partial charge in [-0.25, -0.2) is 0 Å². The maximum absolute atomic E-state index is 12.7. The molecular weight excluding hydrogens is 424 g/mol. The minimum Gasteiger partial charge on any atom is -0.463 e. The van der Waals surface area contributed by atoms with Gasteiger partial charge in [0.2, 0.25) is 11.8 Å². The number of hydrogen-bond donors (Lipinski definition) is 3. The Labute approximate surface area is 195 Å². The van der Waals surface area contributed by atoms with Gasteiger partial charge in [-0.15, -0.1) is 0 Å². The average Bonchev–Trinajstić information content (AvgIpc) is 2.81. The molecule has 8 nitrogen and oxygen atoms in total. The van der Waals surface area contributed by atoms with E-state index >= 15 is 0 Å². The highest BCUT2D eigenvalue weighted by molar-refractivity contribution is 5.86. The highest BCUT2D eigenvalue weighted by atomic mass is 16.5. The van der Waals surface area contributed by atoms with Crippen LogP contribution < -0.4 is 10.6 Å². The number of ether oxygens (including phenoxy) is 2. The predicted octanol–water partition coefficient (Wildman–Crippen LogP) is 1.76. The third-order valence-electron chi connectivity index (χ3n) is 5.40. The van der Waals surface area contributed by atoms with Gasteiger partial charge in [-0.1, -0.05) is 42.5 Å². The molecule has 0 bridgehead atoms. The van der Waals surface area contributed by atoms with Crippen LogP contribution in [0.4, 0.5) is 0 Å². The lowest BCUT2D eigenvalue weighted by atomic mass is 9.94. The van der Waals surface area contributed by atoms with Crippen molar-refractivity contribution in [1.82, 2.24) is 10.6 Å². The first-order valence-corrected chi connectivity index (χ1v) is 11.6. The quantitative estimate of drug-likeness (QED) is 0.294. The largest absolute Gasteiger partial charge is 0.463 e. The molecule has 0 aliphatic carbocycles. The Morgan fingerprint density at radius 3 is 2.73 bits per heavy atom. The van der Waals surface area contributed by atoms with Crippen molar-refractivity contribution >= 4 is 17.8 Å². The van der Waals surface area contributed by atoms with Gasteiger partial charge in [0.25, 0.3) is 0 Å². The Bertz CT molecular complexity index is 767. The van der Waals surface area contributed by atoms with Gasteiger partial charge in [-0.05, 0) is 38.2 Å². The minimum absolute atomic E-state index is 0.0549. The van der Waals surface area contributed by atoms with Crippen LogP contribution in [-0.2, 0) is 30.3 Å². The number of esters is 1. The smallest absolute Gasteiger partial charge is 0.309 e. The number of benzene rings is 1. The molecule has 0 radical (unpaired) electrons. The van der Waals surface area contributed by atoms with Crippen molar-refractivity contribution in [2.45, 2.75) is 45.1 Å². The third-order valence-corrected chi connectivity index (χ3v) is 5.40. The number of aliphatic hydroxyl groups is 1. The first-order valence-electron chi connectivity index (χ1n) is 11.6. The van der Waals surface area contributed by atoms with Crippen molar-refractivity contribution < 1.29 is 29.0 Å². The van der Waals surface area contributed by atoms with E-state index in [2.05, 4.69) is 10.6 Å². The number of nitrogens with one attached hydrogen (secondary N) is 2. The number of carbonyl (C=O) groups excluding carboxylic acids is 3. The van der Waals surface area contributed by atoms with Crippen LogP contribution in [0.25, 0.3) is 0 Å². The standard InChI is InChI=1S/C25H36N2O6/c1-19-18-33-25(31)22(16-20-8-4-2-5-9-20)11-7-3-6-10-21(24(30)27-19)17-23(29)26-12-14-32-15-13-28/h2-6,8-9,19,21-22,28H,7,10-18H2,1H3,(H,26,29)(H,27,30). The number of cyclic esters (lactones) is 1. The van der Waals surface area contributed by atoms with Crippen LogP contribution in [0.3, 0.4) is 0 Å². The summed E-state index contributed by atoms with van der Waals surface area (Å²) in [5.74, 6) is -1.50. The number of amides is 2. The molecule has 182 valence electrons. The second-order valence-corrected chi connectivity index (χ2v) is 8.30. The van der Waals surface area contributed by atoms with E-state index in [4.69, 9.17) is 14.6 Å². The maximum Gasteiger partial charge on any atom is 0.309 e. The SMILES string of the molecule is CC1COC(=O)C(Cc2ccccc2)CCC=CCC(CC(=O)NCCOCCO)C(=O)N1. The van der Waals surface area contributed by atoms with Gasteiger partial charge in [0.1, 0.15) is 6.61 Å². The molecule has 0 saturated carbocycles. The van der Waals surface area contributed by atoms with Crippen LogP contribution in [0.2, 0.25) is 0 Å². The molecule has 1 aromatic carbocycles. The molecule has 33 heavy (non-hydrogen) atoms. The van der Waals surface area contributed by atoms with E-state index in [1.807, 2.05) is 42.5 Å². The second-order valence-electron chi connectivity index (χ2n) is 8.30. The molecule has 1 heterocycles. The van der Waals surface area contributed by atoms with E-state index in [1.54, 1.807) is 6.92 Å². The summed E-state index contributed by atoms with van der Waals surface area (Å²) < 4.78 is 10.6. The summed E-state index contributed by atoms with van der Waals surface area (Å²) in [6.45, 7) is 2.64. The average molecular weight is 461 g/mol. The highest BCUT2D eigenvalue weighted by Crippen LogP contribution is 2.18. The van der Waals surface area contributed by atoms with Gasteiger partial charge in [0, 0.05) is 13.0 Å². The Morgan fingerprint density at radius 2 is 1.97 bits per heavy atom. The fraction of sp³-hybridized carbons (Fsp3) is 0.560. The minimum atomic E-state index is -0.515. The van der Waals surface area contributed by atoms with Crippen LogP contribution in [0.1, 0.15) is 38.2 Å². The first-order chi connectivity index (χ1) is 16.0. The molecule has 3 unspecified atom stereocenters. The van der Waals surface area contributed by atoms with Crippen LogP contribution >= 0.6 is 0 Å². The number of carbonyl (C=O) groups is 3. The summed E-state index contributed by atoms with van der Waals surface area (Å²) in [5.41, 5.74) is 1.09. The number of aliphatic hydroxyl groups excluding tert-OH is 1. The zero-order chi connectivity index (χ0) is 23.9. The zero-order valence-corrected chi connectivity index (χ0v) is 19.3. The van der Waals surface area contributed by atoms with Crippen LogP contribution in [0, 0.1) is 11.8 Å². The molecule has 2 rings (SSSR count). The molecule has 2 amide bonds. The summed E-state index contributed by atoms with van der Waals surface area (Å²) in [6.07, 6.45) is 6.32. The van der Waals surface area contributed by atoms with Gasteiger partial charge in [0.05, 0.1) is 37.7 Å². The molecule has 0 aromatic heterocycles. The number of allylic oxidation sites excluding steroid dienone is 2. The molecule has 1 aliphatic rings. The summed E-state index contributed by atoms with van der Waals surface area (Å²) >= 11 is 0. The Hall–Kier alpha value is -2.71. The van der Waals surface area contributed by atoms with Crippen molar-refractivity contribution in [3.63, 3.8) is 0 Å².